The Morgan fingerprint density at radius 3 is 1.80 bits per heavy atom. The highest BCUT2D eigenvalue weighted by molar-refractivity contribution is 4.62. The third-order valence-electron chi connectivity index (χ3n) is 2.66. The standard InChI is InChI=1S/C13H30N2/c1-6-9-12-14(10-7-2)15(11-8-3)13(4)5/h13H,6-12H2,1-5H3. The van der Waals surface area contributed by atoms with Crippen LogP contribution < -0.4 is 0 Å². The molecular weight excluding hydrogens is 184 g/mol. The number of hydrogen-bond donors (Lipinski definition) is 0. The number of rotatable bonds is 9. The Bertz CT molecular complexity index is 134. The summed E-state index contributed by atoms with van der Waals surface area (Å²) < 4.78 is 0. The lowest BCUT2D eigenvalue weighted by Crippen LogP contribution is -2.47. The topological polar surface area (TPSA) is 6.48 Å². The van der Waals surface area contributed by atoms with Gasteiger partial charge in [-0.25, -0.2) is 10.0 Å². The van der Waals surface area contributed by atoms with E-state index in [1.165, 1.54) is 45.3 Å². The first kappa shape index (κ1) is 14.9. The van der Waals surface area contributed by atoms with Crippen molar-refractivity contribution >= 4 is 0 Å². The van der Waals surface area contributed by atoms with Gasteiger partial charge in [0, 0.05) is 25.7 Å². The summed E-state index contributed by atoms with van der Waals surface area (Å²) in [6, 6.07) is 0.633. The van der Waals surface area contributed by atoms with Crippen LogP contribution in [0, 0.1) is 0 Å². The van der Waals surface area contributed by atoms with Gasteiger partial charge in [0.1, 0.15) is 0 Å². The van der Waals surface area contributed by atoms with Crippen LogP contribution in [-0.4, -0.2) is 35.7 Å². The van der Waals surface area contributed by atoms with E-state index in [2.05, 4.69) is 44.6 Å². The Hall–Kier alpha value is -0.0800. The summed E-state index contributed by atoms with van der Waals surface area (Å²) in [5.41, 5.74) is 0. The van der Waals surface area contributed by atoms with Gasteiger partial charge >= 0.3 is 0 Å². The zero-order valence-electron chi connectivity index (χ0n) is 11.4. The Morgan fingerprint density at radius 2 is 1.40 bits per heavy atom. The van der Waals surface area contributed by atoms with Gasteiger partial charge in [0.05, 0.1) is 0 Å². The molecular formula is C13H30N2. The molecule has 0 aromatic heterocycles. The van der Waals surface area contributed by atoms with Crippen molar-refractivity contribution in [2.45, 2.75) is 66.3 Å². The van der Waals surface area contributed by atoms with Crippen molar-refractivity contribution in [2.24, 2.45) is 0 Å². The molecule has 0 aliphatic rings. The third kappa shape index (κ3) is 6.16. The first-order valence-electron chi connectivity index (χ1n) is 6.68. The molecule has 0 unspecified atom stereocenters. The predicted molar refractivity (Wildman–Crippen MR) is 68.9 cm³/mol. The van der Waals surface area contributed by atoms with Crippen molar-refractivity contribution in [3.8, 4) is 0 Å². The predicted octanol–water partition coefficient (Wildman–Crippen LogP) is 3.53. The summed E-state index contributed by atoms with van der Waals surface area (Å²) in [7, 11) is 0. The van der Waals surface area contributed by atoms with E-state index < -0.39 is 0 Å². The molecule has 0 N–H and O–H groups in total. The number of nitrogens with zero attached hydrogens (tertiary/aromatic N) is 2. The first-order valence-corrected chi connectivity index (χ1v) is 6.68. The van der Waals surface area contributed by atoms with E-state index in [-0.39, 0.29) is 0 Å². The van der Waals surface area contributed by atoms with Crippen LogP contribution in [0.5, 0.6) is 0 Å². The summed E-state index contributed by atoms with van der Waals surface area (Å²) in [6.07, 6.45) is 5.09. The van der Waals surface area contributed by atoms with Crippen molar-refractivity contribution in [2.75, 3.05) is 19.6 Å². The molecule has 0 atom stereocenters. The summed E-state index contributed by atoms with van der Waals surface area (Å²) in [5.74, 6) is 0. The van der Waals surface area contributed by atoms with Crippen molar-refractivity contribution in [1.29, 1.82) is 0 Å². The maximum Gasteiger partial charge on any atom is 0.0189 e. The van der Waals surface area contributed by atoms with Crippen molar-refractivity contribution < 1.29 is 0 Å². The van der Waals surface area contributed by atoms with Gasteiger partial charge in [0.15, 0.2) is 0 Å². The smallest absolute Gasteiger partial charge is 0.0189 e. The van der Waals surface area contributed by atoms with Crippen LogP contribution in [0.25, 0.3) is 0 Å². The molecule has 0 radical (unpaired) electrons. The molecule has 0 fully saturated rings. The number of hydrogen-bond acceptors (Lipinski definition) is 2. The SMILES string of the molecule is CCCCN(CCC)N(CCC)C(C)C. The Labute approximate surface area is 96.6 Å². The van der Waals surface area contributed by atoms with Crippen LogP contribution in [0.2, 0.25) is 0 Å². The van der Waals surface area contributed by atoms with Gasteiger partial charge in [-0.2, -0.15) is 0 Å². The highest BCUT2D eigenvalue weighted by Gasteiger charge is 2.15. The first-order chi connectivity index (χ1) is 7.17. The second-order valence-electron chi connectivity index (χ2n) is 4.56. The Kier molecular flexibility index (Phi) is 9.12. The molecule has 0 spiro atoms. The molecule has 0 rings (SSSR count). The largest absolute Gasteiger partial charge is 0.242 e. The molecule has 2 heteroatoms. The van der Waals surface area contributed by atoms with Crippen molar-refractivity contribution in [3.05, 3.63) is 0 Å². The quantitative estimate of drug-likeness (QED) is 0.542. The molecule has 0 aliphatic carbocycles. The van der Waals surface area contributed by atoms with Gasteiger partial charge in [0.2, 0.25) is 0 Å². The van der Waals surface area contributed by atoms with Gasteiger partial charge in [0.25, 0.3) is 0 Å². The number of hydrazine groups is 1. The monoisotopic (exact) mass is 214 g/mol. The van der Waals surface area contributed by atoms with Crippen LogP contribution in [0.4, 0.5) is 0 Å². The second-order valence-corrected chi connectivity index (χ2v) is 4.56. The van der Waals surface area contributed by atoms with Gasteiger partial charge in [-0.05, 0) is 33.1 Å². The van der Waals surface area contributed by atoms with Crippen LogP contribution in [0.1, 0.15) is 60.3 Å². The van der Waals surface area contributed by atoms with Crippen molar-refractivity contribution in [3.63, 3.8) is 0 Å². The average Bonchev–Trinajstić information content (AvgIpc) is 2.21. The lowest BCUT2D eigenvalue weighted by molar-refractivity contribution is -0.0517. The highest BCUT2D eigenvalue weighted by Crippen LogP contribution is 2.08. The van der Waals surface area contributed by atoms with Crippen LogP contribution in [-0.2, 0) is 0 Å². The van der Waals surface area contributed by atoms with E-state index in [0.717, 1.165) is 0 Å². The van der Waals surface area contributed by atoms with Gasteiger partial charge in [-0.1, -0.05) is 27.2 Å². The number of unbranched alkanes of at least 4 members (excludes halogenated alkanes) is 1. The molecule has 92 valence electrons. The molecule has 0 aromatic carbocycles. The zero-order chi connectivity index (χ0) is 11.7. The molecule has 0 saturated heterocycles. The molecule has 2 nitrogen and oxygen atoms in total. The van der Waals surface area contributed by atoms with Gasteiger partial charge in [-0.15, -0.1) is 0 Å². The van der Waals surface area contributed by atoms with E-state index in [4.69, 9.17) is 0 Å². The summed E-state index contributed by atoms with van der Waals surface area (Å²) >= 11 is 0. The Balaban J connectivity index is 4.23. The van der Waals surface area contributed by atoms with E-state index >= 15 is 0 Å². The van der Waals surface area contributed by atoms with Gasteiger partial charge < -0.3 is 0 Å². The second kappa shape index (κ2) is 9.17. The maximum atomic E-state index is 2.55. The lowest BCUT2D eigenvalue weighted by atomic mass is 10.3. The molecule has 0 heterocycles. The van der Waals surface area contributed by atoms with E-state index in [1.54, 1.807) is 0 Å². The minimum atomic E-state index is 0.633. The minimum Gasteiger partial charge on any atom is -0.242 e. The van der Waals surface area contributed by atoms with Crippen LogP contribution in [0.3, 0.4) is 0 Å². The fourth-order valence-electron chi connectivity index (χ4n) is 1.92. The minimum absolute atomic E-state index is 0.633. The molecule has 0 aromatic rings. The van der Waals surface area contributed by atoms with E-state index in [9.17, 15) is 0 Å². The molecule has 0 amide bonds. The summed E-state index contributed by atoms with van der Waals surface area (Å²) in [5, 5.41) is 5.09. The molecule has 15 heavy (non-hydrogen) atoms. The molecule has 0 bridgehead atoms. The van der Waals surface area contributed by atoms with Crippen LogP contribution >= 0.6 is 0 Å². The lowest BCUT2D eigenvalue weighted by Gasteiger charge is -2.37. The molecule has 0 saturated carbocycles. The fourth-order valence-corrected chi connectivity index (χ4v) is 1.92. The maximum absolute atomic E-state index is 2.55. The van der Waals surface area contributed by atoms with Crippen LogP contribution in [0.15, 0.2) is 0 Å². The highest BCUT2D eigenvalue weighted by atomic mass is 15.6. The third-order valence-corrected chi connectivity index (χ3v) is 2.66. The average molecular weight is 214 g/mol. The van der Waals surface area contributed by atoms with Gasteiger partial charge in [-0.3, -0.25) is 0 Å². The summed E-state index contributed by atoms with van der Waals surface area (Å²) in [4.78, 5) is 0. The zero-order valence-corrected chi connectivity index (χ0v) is 11.4. The fraction of sp³-hybridized carbons (Fsp3) is 1.00. The van der Waals surface area contributed by atoms with E-state index in [1.807, 2.05) is 0 Å². The normalized spacial score (nSPS) is 12.0. The van der Waals surface area contributed by atoms with Crippen molar-refractivity contribution in [1.82, 2.24) is 10.0 Å². The molecule has 0 aliphatic heterocycles. The summed E-state index contributed by atoms with van der Waals surface area (Å²) in [6.45, 7) is 15.0. The Morgan fingerprint density at radius 1 is 0.800 bits per heavy atom. The van der Waals surface area contributed by atoms with E-state index in [0.29, 0.717) is 6.04 Å².